The van der Waals surface area contributed by atoms with Gasteiger partial charge in [-0.1, -0.05) is 0 Å². The number of carbonyl (C=O) groups is 1. The first-order valence-electron chi connectivity index (χ1n) is 5.23. The normalized spacial score (nSPS) is 16.8. The van der Waals surface area contributed by atoms with E-state index in [0.29, 0.717) is 31.7 Å². The maximum atomic E-state index is 12.9. The van der Waals surface area contributed by atoms with Gasteiger partial charge in [0.15, 0.2) is 0 Å². The zero-order valence-corrected chi connectivity index (χ0v) is 8.87. The summed E-state index contributed by atoms with van der Waals surface area (Å²) < 4.78 is 12.9. The van der Waals surface area contributed by atoms with E-state index in [2.05, 4.69) is 5.32 Å². The third kappa shape index (κ3) is 2.24. The molecule has 1 aromatic rings. The second-order valence-electron chi connectivity index (χ2n) is 3.79. The van der Waals surface area contributed by atoms with E-state index in [-0.39, 0.29) is 11.7 Å². The molecule has 1 amide bonds. The molecule has 0 saturated carbocycles. The van der Waals surface area contributed by atoms with Gasteiger partial charge < -0.3 is 16.0 Å². The smallest absolute Gasteiger partial charge is 0.221 e. The summed E-state index contributed by atoms with van der Waals surface area (Å²) in [6, 6.07) is 4.34. The van der Waals surface area contributed by atoms with Crippen LogP contribution in [0.2, 0.25) is 0 Å². The molecule has 5 heteroatoms. The number of nitrogens with two attached hydrogens (primary N) is 1. The van der Waals surface area contributed by atoms with Crippen LogP contribution < -0.4 is 16.0 Å². The molecule has 0 bridgehead atoms. The number of nitrogens with zero attached hydrogens (tertiary/aromatic N) is 1. The monoisotopic (exact) mass is 223 g/mol. The Kier molecular flexibility index (Phi) is 2.94. The van der Waals surface area contributed by atoms with Crippen LogP contribution >= 0.6 is 0 Å². The molecule has 0 radical (unpaired) electrons. The number of rotatable bonds is 1. The van der Waals surface area contributed by atoms with Crippen molar-refractivity contribution in [2.75, 3.05) is 30.3 Å². The van der Waals surface area contributed by atoms with E-state index in [9.17, 15) is 9.18 Å². The summed E-state index contributed by atoms with van der Waals surface area (Å²) >= 11 is 0. The Hall–Kier alpha value is -1.78. The number of amides is 1. The van der Waals surface area contributed by atoms with Crippen molar-refractivity contribution in [3.8, 4) is 0 Å². The molecule has 1 saturated heterocycles. The van der Waals surface area contributed by atoms with E-state index in [1.807, 2.05) is 4.90 Å². The average molecular weight is 223 g/mol. The van der Waals surface area contributed by atoms with Gasteiger partial charge in [0, 0.05) is 26.1 Å². The number of nitrogen functional groups attached to an aromatic ring is 1. The maximum absolute atomic E-state index is 12.9. The van der Waals surface area contributed by atoms with Gasteiger partial charge in [-0.2, -0.15) is 0 Å². The van der Waals surface area contributed by atoms with Crippen molar-refractivity contribution in [2.24, 2.45) is 0 Å². The Morgan fingerprint density at radius 2 is 2.19 bits per heavy atom. The largest absolute Gasteiger partial charge is 0.397 e. The summed E-state index contributed by atoms with van der Waals surface area (Å²) in [7, 11) is 0. The lowest BCUT2D eigenvalue weighted by Gasteiger charge is -2.23. The molecule has 0 aliphatic carbocycles. The number of anilines is 2. The predicted octanol–water partition coefficient (Wildman–Crippen LogP) is 0.734. The summed E-state index contributed by atoms with van der Waals surface area (Å²) in [6.45, 7) is 1.90. The number of nitrogens with one attached hydrogen (secondary N) is 1. The van der Waals surface area contributed by atoms with Crippen LogP contribution in [-0.4, -0.2) is 25.5 Å². The summed E-state index contributed by atoms with van der Waals surface area (Å²) in [5.74, 6) is -0.298. The van der Waals surface area contributed by atoms with Gasteiger partial charge >= 0.3 is 0 Å². The molecule has 1 aromatic carbocycles. The van der Waals surface area contributed by atoms with Gasteiger partial charge in [-0.3, -0.25) is 4.79 Å². The van der Waals surface area contributed by atoms with Gasteiger partial charge in [-0.15, -0.1) is 0 Å². The van der Waals surface area contributed by atoms with Crippen LogP contribution in [0, 0.1) is 5.82 Å². The quantitative estimate of drug-likeness (QED) is 0.690. The maximum Gasteiger partial charge on any atom is 0.221 e. The van der Waals surface area contributed by atoms with E-state index in [0.717, 1.165) is 5.69 Å². The van der Waals surface area contributed by atoms with Crippen molar-refractivity contribution in [2.45, 2.75) is 6.42 Å². The molecular formula is C11H14FN3O. The van der Waals surface area contributed by atoms with Crippen LogP contribution in [0.1, 0.15) is 6.42 Å². The minimum absolute atomic E-state index is 0.0446. The third-order valence-electron chi connectivity index (χ3n) is 2.64. The van der Waals surface area contributed by atoms with Crippen molar-refractivity contribution in [3.05, 3.63) is 24.0 Å². The van der Waals surface area contributed by atoms with Crippen LogP contribution in [0.15, 0.2) is 18.2 Å². The first-order valence-corrected chi connectivity index (χ1v) is 5.23. The van der Waals surface area contributed by atoms with Crippen molar-refractivity contribution in [1.29, 1.82) is 0 Å². The average Bonchev–Trinajstić information content (AvgIpc) is 2.43. The number of benzene rings is 1. The van der Waals surface area contributed by atoms with E-state index in [4.69, 9.17) is 5.73 Å². The molecule has 0 atom stereocenters. The molecule has 2 rings (SSSR count). The lowest BCUT2D eigenvalue weighted by molar-refractivity contribution is -0.120. The summed E-state index contributed by atoms with van der Waals surface area (Å²) in [5, 5.41) is 2.78. The number of halogens is 1. The molecule has 1 fully saturated rings. The number of hydrogen-bond acceptors (Lipinski definition) is 3. The van der Waals surface area contributed by atoms with Crippen LogP contribution in [-0.2, 0) is 4.79 Å². The van der Waals surface area contributed by atoms with Gasteiger partial charge in [-0.25, -0.2) is 4.39 Å². The van der Waals surface area contributed by atoms with Gasteiger partial charge in [-0.05, 0) is 18.2 Å². The van der Waals surface area contributed by atoms with Gasteiger partial charge in [0.25, 0.3) is 0 Å². The first-order chi connectivity index (χ1) is 7.66. The molecule has 1 heterocycles. The fourth-order valence-electron chi connectivity index (χ4n) is 1.82. The van der Waals surface area contributed by atoms with Crippen LogP contribution in [0.5, 0.6) is 0 Å². The molecule has 4 nitrogen and oxygen atoms in total. The molecule has 86 valence electrons. The van der Waals surface area contributed by atoms with Gasteiger partial charge in [0.2, 0.25) is 5.91 Å². The topological polar surface area (TPSA) is 58.4 Å². The molecule has 0 aromatic heterocycles. The highest BCUT2D eigenvalue weighted by Crippen LogP contribution is 2.24. The van der Waals surface area contributed by atoms with Gasteiger partial charge in [0.05, 0.1) is 11.4 Å². The highest BCUT2D eigenvalue weighted by atomic mass is 19.1. The summed E-state index contributed by atoms with van der Waals surface area (Å²) in [4.78, 5) is 13.2. The second kappa shape index (κ2) is 4.38. The van der Waals surface area contributed by atoms with Crippen LogP contribution in [0.25, 0.3) is 0 Å². The molecule has 16 heavy (non-hydrogen) atoms. The molecular weight excluding hydrogens is 209 g/mol. The van der Waals surface area contributed by atoms with Crippen molar-refractivity contribution in [1.82, 2.24) is 5.32 Å². The molecule has 3 N–H and O–H groups in total. The lowest BCUT2D eigenvalue weighted by Crippen LogP contribution is -2.28. The van der Waals surface area contributed by atoms with E-state index < -0.39 is 0 Å². The lowest BCUT2D eigenvalue weighted by atomic mass is 10.2. The minimum atomic E-state index is -0.342. The zero-order valence-electron chi connectivity index (χ0n) is 8.87. The molecule has 0 spiro atoms. The zero-order chi connectivity index (χ0) is 11.5. The molecule has 1 aliphatic heterocycles. The van der Waals surface area contributed by atoms with Crippen molar-refractivity contribution in [3.63, 3.8) is 0 Å². The summed E-state index contributed by atoms with van der Waals surface area (Å²) in [5.41, 5.74) is 6.95. The van der Waals surface area contributed by atoms with E-state index in [1.165, 1.54) is 12.1 Å². The Bertz CT molecular complexity index is 408. The highest BCUT2D eigenvalue weighted by molar-refractivity contribution is 5.78. The highest BCUT2D eigenvalue weighted by Gasteiger charge is 2.15. The number of hydrogen-bond donors (Lipinski definition) is 2. The fourth-order valence-corrected chi connectivity index (χ4v) is 1.82. The fraction of sp³-hybridized carbons (Fsp3) is 0.364. The Morgan fingerprint density at radius 3 is 2.94 bits per heavy atom. The van der Waals surface area contributed by atoms with E-state index >= 15 is 0 Å². The van der Waals surface area contributed by atoms with Crippen LogP contribution in [0.3, 0.4) is 0 Å². The van der Waals surface area contributed by atoms with E-state index in [1.54, 1.807) is 6.07 Å². The summed E-state index contributed by atoms with van der Waals surface area (Å²) in [6.07, 6.45) is 0.441. The van der Waals surface area contributed by atoms with Crippen molar-refractivity contribution < 1.29 is 9.18 Å². The minimum Gasteiger partial charge on any atom is -0.397 e. The predicted molar refractivity (Wildman–Crippen MR) is 60.7 cm³/mol. The van der Waals surface area contributed by atoms with Crippen LogP contribution in [0.4, 0.5) is 15.8 Å². The Morgan fingerprint density at radius 1 is 1.38 bits per heavy atom. The second-order valence-corrected chi connectivity index (χ2v) is 3.79. The standard InChI is InChI=1S/C11H14FN3O/c12-8-1-2-10(9(13)7-8)15-5-3-11(16)14-4-6-15/h1-2,7H,3-6,13H2,(H,14,16). The Balaban J connectivity index is 2.19. The first kappa shape index (κ1) is 10.7. The SMILES string of the molecule is Nc1cc(F)ccc1N1CCNC(=O)CC1. The number of carbonyl (C=O) groups excluding carboxylic acids is 1. The Labute approximate surface area is 93.2 Å². The van der Waals surface area contributed by atoms with Crippen molar-refractivity contribution >= 4 is 17.3 Å². The third-order valence-corrected chi connectivity index (χ3v) is 2.64. The van der Waals surface area contributed by atoms with Gasteiger partial charge in [0.1, 0.15) is 5.82 Å². The molecule has 0 unspecified atom stereocenters. The molecule has 1 aliphatic rings.